The average molecular weight is 461 g/mol. The van der Waals surface area contributed by atoms with Crippen LogP contribution < -0.4 is 25.5 Å². The molecular formula is C20H24N6O5S. The second-order valence-corrected chi connectivity index (χ2v) is 8.83. The van der Waals surface area contributed by atoms with Crippen LogP contribution in [0.1, 0.15) is 23.6 Å². The minimum absolute atomic E-state index is 0.0755. The SMILES string of the molecule is COc1cc(C#C[C@H]2c3c(N)ncnc3N(C3CCNC3)N2CS(=O)(=O)O)cc(OC)c1. The minimum atomic E-state index is -4.37. The summed E-state index contributed by atoms with van der Waals surface area (Å²) in [6.45, 7) is 1.40. The molecule has 1 saturated heterocycles. The second kappa shape index (κ2) is 8.79. The van der Waals surface area contributed by atoms with Gasteiger partial charge in [0, 0.05) is 18.2 Å². The Labute approximate surface area is 186 Å². The number of benzene rings is 1. The molecule has 170 valence electrons. The zero-order valence-electron chi connectivity index (χ0n) is 17.6. The van der Waals surface area contributed by atoms with Gasteiger partial charge in [-0.15, -0.1) is 0 Å². The zero-order chi connectivity index (χ0) is 22.9. The Hall–Kier alpha value is -3.11. The van der Waals surface area contributed by atoms with Crippen LogP contribution in [0.15, 0.2) is 24.5 Å². The minimum Gasteiger partial charge on any atom is -0.497 e. The van der Waals surface area contributed by atoms with Crippen molar-refractivity contribution in [3.63, 3.8) is 0 Å². The Kier molecular flexibility index (Phi) is 6.07. The quantitative estimate of drug-likeness (QED) is 0.422. The molecule has 2 aromatic rings. The lowest BCUT2D eigenvalue weighted by Crippen LogP contribution is -2.49. The first kappa shape index (κ1) is 22.1. The molecule has 1 unspecified atom stereocenters. The van der Waals surface area contributed by atoms with E-state index in [1.807, 2.05) is 0 Å². The van der Waals surface area contributed by atoms with Crippen LogP contribution in [0, 0.1) is 11.8 Å². The number of fused-ring (bicyclic) bond motifs is 1. The first-order chi connectivity index (χ1) is 15.3. The van der Waals surface area contributed by atoms with Crippen LogP contribution in [-0.4, -0.2) is 67.2 Å². The van der Waals surface area contributed by atoms with Crippen LogP contribution in [-0.2, 0) is 10.1 Å². The van der Waals surface area contributed by atoms with Crippen molar-refractivity contribution in [2.24, 2.45) is 0 Å². The highest BCUT2D eigenvalue weighted by Gasteiger charge is 2.44. The van der Waals surface area contributed by atoms with Gasteiger partial charge in [-0.3, -0.25) is 9.56 Å². The molecule has 0 spiro atoms. The van der Waals surface area contributed by atoms with Crippen LogP contribution in [0.3, 0.4) is 0 Å². The number of anilines is 2. The molecule has 4 rings (SSSR count). The first-order valence-corrected chi connectivity index (χ1v) is 11.5. The number of nitrogen functional groups attached to an aromatic ring is 1. The molecular weight excluding hydrogens is 436 g/mol. The van der Waals surface area contributed by atoms with E-state index in [9.17, 15) is 13.0 Å². The van der Waals surface area contributed by atoms with E-state index in [0.29, 0.717) is 35.0 Å². The van der Waals surface area contributed by atoms with Crippen LogP contribution in [0.2, 0.25) is 0 Å². The summed E-state index contributed by atoms with van der Waals surface area (Å²) in [5.74, 6) is 7.29. The number of hydrogen-bond acceptors (Lipinski definition) is 10. The maximum absolute atomic E-state index is 11.9. The maximum Gasteiger partial charge on any atom is 0.280 e. The number of hydrazine groups is 1. The Morgan fingerprint density at radius 1 is 1.25 bits per heavy atom. The molecule has 32 heavy (non-hydrogen) atoms. The summed E-state index contributed by atoms with van der Waals surface area (Å²) in [4.78, 5) is 8.45. The van der Waals surface area contributed by atoms with E-state index in [-0.39, 0.29) is 11.9 Å². The summed E-state index contributed by atoms with van der Waals surface area (Å²) in [5, 5.41) is 6.49. The second-order valence-electron chi connectivity index (χ2n) is 7.41. The van der Waals surface area contributed by atoms with Crippen molar-refractivity contribution in [3.05, 3.63) is 35.7 Å². The van der Waals surface area contributed by atoms with Gasteiger partial charge < -0.3 is 20.5 Å². The third-order valence-corrected chi connectivity index (χ3v) is 5.93. The molecule has 2 aliphatic heterocycles. The summed E-state index contributed by atoms with van der Waals surface area (Å²) in [6.07, 6.45) is 2.09. The number of hydrogen-bond donors (Lipinski definition) is 3. The molecule has 0 bridgehead atoms. The Morgan fingerprint density at radius 2 is 1.97 bits per heavy atom. The lowest BCUT2D eigenvalue weighted by atomic mass is 10.1. The normalized spacial score (nSPS) is 20.5. The van der Waals surface area contributed by atoms with E-state index >= 15 is 0 Å². The Balaban J connectivity index is 1.82. The smallest absolute Gasteiger partial charge is 0.280 e. The summed E-state index contributed by atoms with van der Waals surface area (Å²) in [6, 6.07) is 4.34. The molecule has 1 fully saturated rings. The van der Waals surface area contributed by atoms with Crippen molar-refractivity contribution in [1.82, 2.24) is 20.3 Å². The number of aromatic nitrogens is 2. The van der Waals surface area contributed by atoms with Crippen molar-refractivity contribution in [1.29, 1.82) is 0 Å². The van der Waals surface area contributed by atoms with Crippen molar-refractivity contribution in [2.45, 2.75) is 18.5 Å². The topological polar surface area (TPSA) is 143 Å². The fraction of sp³-hybridized carbons (Fsp3) is 0.400. The van der Waals surface area contributed by atoms with Crippen molar-refractivity contribution in [3.8, 4) is 23.3 Å². The number of nitrogens with one attached hydrogen (secondary N) is 1. The van der Waals surface area contributed by atoms with E-state index < -0.39 is 22.0 Å². The van der Waals surface area contributed by atoms with Gasteiger partial charge in [-0.05, 0) is 25.1 Å². The highest BCUT2D eigenvalue weighted by Crippen LogP contribution is 2.42. The number of methoxy groups -OCH3 is 2. The van der Waals surface area contributed by atoms with E-state index in [1.54, 1.807) is 37.4 Å². The lowest BCUT2D eigenvalue weighted by Gasteiger charge is -2.34. The van der Waals surface area contributed by atoms with Crippen molar-refractivity contribution in [2.75, 3.05) is 43.9 Å². The lowest BCUT2D eigenvalue weighted by molar-refractivity contribution is 0.243. The largest absolute Gasteiger partial charge is 0.497 e. The molecule has 3 heterocycles. The van der Waals surface area contributed by atoms with E-state index in [4.69, 9.17) is 15.2 Å². The van der Waals surface area contributed by atoms with Gasteiger partial charge in [0.15, 0.2) is 5.82 Å². The Bertz CT molecular complexity index is 1150. The fourth-order valence-electron chi connectivity index (χ4n) is 3.95. The molecule has 0 radical (unpaired) electrons. The molecule has 11 nitrogen and oxygen atoms in total. The Morgan fingerprint density at radius 3 is 2.56 bits per heavy atom. The van der Waals surface area contributed by atoms with Crippen LogP contribution in [0.4, 0.5) is 11.6 Å². The molecule has 1 aromatic heterocycles. The highest BCUT2D eigenvalue weighted by atomic mass is 32.2. The third kappa shape index (κ3) is 4.42. The van der Waals surface area contributed by atoms with E-state index in [0.717, 1.165) is 13.0 Å². The average Bonchev–Trinajstić information content (AvgIpc) is 3.37. The molecule has 0 aliphatic carbocycles. The summed E-state index contributed by atoms with van der Waals surface area (Å²) in [7, 11) is -1.29. The van der Waals surface area contributed by atoms with Crippen molar-refractivity contribution < 1.29 is 22.4 Å². The van der Waals surface area contributed by atoms with Crippen LogP contribution >= 0.6 is 0 Å². The van der Waals surface area contributed by atoms with E-state index in [1.165, 1.54) is 11.3 Å². The molecule has 4 N–H and O–H groups in total. The number of ether oxygens (including phenoxy) is 2. The third-order valence-electron chi connectivity index (χ3n) is 5.34. The summed E-state index contributed by atoms with van der Waals surface area (Å²) >= 11 is 0. The zero-order valence-corrected chi connectivity index (χ0v) is 18.5. The molecule has 0 saturated carbocycles. The predicted molar refractivity (Wildman–Crippen MR) is 118 cm³/mol. The van der Waals surface area contributed by atoms with Crippen LogP contribution in [0.25, 0.3) is 0 Å². The molecule has 1 aromatic carbocycles. The van der Waals surface area contributed by atoms with Gasteiger partial charge in [-0.1, -0.05) is 11.8 Å². The molecule has 2 atom stereocenters. The van der Waals surface area contributed by atoms with Gasteiger partial charge in [-0.25, -0.2) is 9.97 Å². The molecule has 12 heteroatoms. The predicted octanol–water partition coefficient (Wildman–Crippen LogP) is 0.413. The molecule has 2 aliphatic rings. The number of nitrogens with zero attached hydrogens (tertiary/aromatic N) is 4. The van der Waals surface area contributed by atoms with Gasteiger partial charge in [0.1, 0.15) is 35.6 Å². The van der Waals surface area contributed by atoms with Gasteiger partial charge >= 0.3 is 0 Å². The van der Waals surface area contributed by atoms with Crippen molar-refractivity contribution >= 4 is 21.8 Å². The summed E-state index contributed by atoms with van der Waals surface area (Å²) < 4.78 is 44.0. The van der Waals surface area contributed by atoms with Gasteiger partial charge in [0.25, 0.3) is 10.1 Å². The monoisotopic (exact) mass is 460 g/mol. The van der Waals surface area contributed by atoms with Gasteiger partial charge in [-0.2, -0.15) is 13.4 Å². The fourth-order valence-corrected chi connectivity index (χ4v) is 4.56. The molecule has 0 amide bonds. The number of nitrogens with two attached hydrogens (primary N) is 1. The van der Waals surface area contributed by atoms with E-state index in [2.05, 4.69) is 27.1 Å². The summed E-state index contributed by atoms with van der Waals surface area (Å²) in [5.41, 5.74) is 7.28. The number of rotatable bonds is 5. The van der Waals surface area contributed by atoms with Crippen LogP contribution in [0.5, 0.6) is 11.5 Å². The van der Waals surface area contributed by atoms with Gasteiger partial charge in [0.2, 0.25) is 0 Å². The highest BCUT2D eigenvalue weighted by molar-refractivity contribution is 7.85. The standard InChI is InChI=1S/C20H24N6O5S/c1-30-15-7-13(8-16(9-15)31-2)3-4-17-18-19(21)23-11-24-20(18)26(14-5-6-22-10-14)25(17)12-32(27,28)29/h7-9,11,14,17,22H,5-6,10,12H2,1-2H3,(H2,21,23,24)(H,27,28,29)/t14?,17-/m0/s1. The first-order valence-electron chi connectivity index (χ1n) is 9.87. The van der Waals surface area contributed by atoms with Gasteiger partial charge in [0.05, 0.1) is 25.8 Å². The maximum atomic E-state index is 11.9.